The highest BCUT2D eigenvalue weighted by Gasteiger charge is 2.59. The molecule has 2 heterocycles. The van der Waals surface area contributed by atoms with E-state index in [0.29, 0.717) is 30.3 Å². The molecule has 1 atom stereocenters. The molecule has 0 radical (unpaired) electrons. The smallest absolute Gasteiger partial charge is 0.246 e. The summed E-state index contributed by atoms with van der Waals surface area (Å²) in [5.74, 6) is 0.598. The van der Waals surface area contributed by atoms with E-state index in [1.807, 2.05) is 37.3 Å². The van der Waals surface area contributed by atoms with E-state index < -0.39 is 11.0 Å². The van der Waals surface area contributed by atoms with Gasteiger partial charge in [-0.05, 0) is 56.0 Å². The lowest BCUT2D eigenvalue weighted by atomic mass is 9.82. The van der Waals surface area contributed by atoms with E-state index >= 15 is 0 Å². The van der Waals surface area contributed by atoms with Gasteiger partial charge in [0, 0.05) is 11.6 Å². The van der Waals surface area contributed by atoms with Crippen LogP contribution in [0.1, 0.15) is 37.5 Å². The molecule has 1 aliphatic carbocycles. The highest BCUT2D eigenvalue weighted by molar-refractivity contribution is 6.30. The number of amides is 2. The van der Waals surface area contributed by atoms with Gasteiger partial charge >= 0.3 is 0 Å². The predicted molar refractivity (Wildman–Crippen MR) is 97.7 cm³/mol. The first kappa shape index (κ1) is 17.2. The number of nitrogens with one attached hydrogen (secondary N) is 1. The Labute approximate surface area is 157 Å². The van der Waals surface area contributed by atoms with Crippen LogP contribution < -0.4 is 5.32 Å². The molecule has 5 nitrogen and oxygen atoms in total. The molecule has 2 fully saturated rings. The summed E-state index contributed by atoms with van der Waals surface area (Å²) in [6.45, 7) is 2.77. The molecule has 1 aromatic carbocycles. The summed E-state index contributed by atoms with van der Waals surface area (Å²) < 4.78 is 5.25. The van der Waals surface area contributed by atoms with Crippen LogP contribution in [0.4, 0.5) is 0 Å². The highest BCUT2D eigenvalue weighted by Crippen LogP contribution is 2.52. The molecule has 0 spiro atoms. The predicted octanol–water partition coefficient (Wildman–Crippen LogP) is 3.27. The lowest BCUT2D eigenvalue weighted by molar-refractivity contribution is -0.159. The number of benzene rings is 1. The Hall–Kier alpha value is -2.27. The zero-order valence-electron chi connectivity index (χ0n) is 14.6. The number of halogens is 1. The zero-order chi connectivity index (χ0) is 18.4. The molecule has 6 heteroatoms. The van der Waals surface area contributed by atoms with Crippen molar-refractivity contribution < 1.29 is 14.0 Å². The third-order valence-corrected chi connectivity index (χ3v) is 5.96. The fourth-order valence-corrected chi connectivity index (χ4v) is 3.80. The van der Waals surface area contributed by atoms with E-state index in [9.17, 15) is 9.59 Å². The first-order valence-corrected chi connectivity index (χ1v) is 9.22. The number of hydrogen-bond acceptors (Lipinski definition) is 3. The maximum atomic E-state index is 13.2. The van der Waals surface area contributed by atoms with E-state index in [4.69, 9.17) is 16.0 Å². The van der Waals surface area contributed by atoms with E-state index in [2.05, 4.69) is 5.32 Å². The number of rotatable bonds is 5. The summed E-state index contributed by atoms with van der Waals surface area (Å²) in [6.07, 6.45) is 3.87. The number of furan rings is 1. The van der Waals surface area contributed by atoms with Crippen molar-refractivity contribution >= 4 is 23.4 Å². The maximum Gasteiger partial charge on any atom is 0.246 e. The van der Waals surface area contributed by atoms with Crippen molar-refractivity contribution in [3.63, 3.8) is 0 Å². The van der Waals surface area contributed by atoms with Crippen LogP contribution in [-0.4, -0.2) is 28.8 Å². The van der Waals surface area contributed by atoms with Crippen molar-refractivity contribution in [2.45, 2.75) is 43.7 Å². The molecule has 1 saturated heterocycles. The van der Waals surface area contributed by atoms with Crippen molar-refractivity contribution in [1.29, 1.82) is 0 Å². The van der Waals surface area contributed by atoms with Crippen molar-refractivity contribution in [2.75, 3.05) is 6.54 Å². The van der Waals surface area contributed by atoms with Crippen LogP contribution in [0.25, 0.3) is 0 Å². The minimum Gasteiger partial charge on any atom is -0.467 e. The van der Waals surface area contributed by atoms with Crippen molar-refractivity contribution in [3.8, 4) is 0 Å². The number of hydrogen-bond donors (Lipinski definition) is 1. The minimum absolute atomic E-state index is 0.0433. The number of carbonyl (C=O) groups excluding carboxylic acids is 2. The van der Waals surface area contributed by atoms with Crippen molar-refractivity contribution in [1.82, 2.24) is 10.2 Å². The summed E-state index contributed by atoms with van der Waals surface area (Å²) >= 11 is 5.97. The number of likely N-dealkylation sites (tertiary alicyclic amines) is 1. The SMILES string of the molecule is CC1(C(=O)NCc2ccco2)CCN1C(=O)C1(c2ccc(Cl)cc2)CC1. The van der Waals surface area contributed by atoms with Crippen LogP contribution in [0, 0.1) is 0 Å². The molecule has 1 aromatic heterocycles. The van der Waals surface area contributed by atoms with Crippen LogP contribution in [0.5, 0.6) is 0 Å². The number of nitrogens with zero attached hydrogens (tertiary/aromatic N) is 1. The molecule has 2 aromatic rings. The van der Waals surface area contributed by atoms with Gasteiger partial charge in [0.1, 0.15) is 11.3 Å². The normalized spacial score (nSPS) is 23.2. The fourth-order valence-electron chi connectivity index (χ4n) is 3.67. The topological polar surface area (TPSA) is 62.6 Å². The van der Waals surface area contributed by atoms with E-state index in [1.165, 1.54) is 0 Å². The Balaban J connectivity index is 1.48. The Kier molecular flexibility index (Phi) is 4.07. The highest BCUT2D eigenvalue weighted by atomic mass is 35.5. The zero-order valence-corrected chi connectivity index (χ0v) is 15.4. The van der Waals surface area contributed by atoms with E-state index in [1.54, 1.807) is 17.2 Å². The molecule has 1 aliphatic heterocycles. The van der Waals surface area contributed by atoms with Crippen LogP contribution in [0.15, 0.2) is 47.1 Å². The molecular formula is C20H21ClN2O3. The van der Waals surface area contributed by atoms with Gasteiger partial charge < -0.3 is 14.6 Å². The maximum absolute atomic E-state index is 13.2. The molecule has 0 bridgehead atoms. The second-order valence-corrected chi connectivity index (χ2v) is 7.77. The standard InChI is InChI=1S/C20H21ClN2O3/c1-19(17(24)22-13-16-3-2-12-26-16)10-11-23(19)18(25)20(8-9-20)14-4-6-15(21)7-5-14/h2-7,12H,8-11,13H2,1H3,(H,22,24). The number of carbonyl (C=O) groups is 2. The van der Waals surface area contributed by atoms with E-state index in [-0.39, 0.29) is 11.8 Å². The Bertz CT molecular complexity index is 827. The molecule has 2 amide bonds. The van der Waals surface area contributed by atoms with E-state index in [0.717, 1.165) is 18.4 Å². The van der Waals surface area contributed by atoms with Gasteiger partial charge in [0.2, 0.25) is 11.8 Å². The van der Waals surface area contributed by atoms with Crippen LogP contribution >= 0.6 is 11.6 Å². The largest absolute Gasteiger partial charge is 0.467 e. The van der Waals surface area contributed by atoms with Crippen molar-refractivity contribution in [3.05, 3.63) is 59.0 Å². The molecule has 2 aliphatic rings. The van der Waals surface area contributed by atoms with Crippen LogP contribution in [0.2, 0.25) is 5.02 Å². The summed E-state index contributed by atoms with van der Waals surface area (Å²) in [5.41, 5.74) is -0.309. The van der Waals surface area contributed by atoms with Crippen molar-refractivity contribution in [2.24, 2.45) is 0 Å². The Morgan fingerprint density at radius 3 is 2.46 bits per heavy atom. The third kappa shape index (κ3) is 2.71. The lowest BCUT2D eigenvalue weighted by Crippen LogP contribution is -2.68. The van der Waals surface area contributed by atoms with Gasteiger partial charge in [-0.15, -0.1) is 0 Å². The Morgan fingerprint density at radius 2 is 1.92 bits per heavy atom. The molecule has 1 saturated carbocycles. The summed E-state index contributed by atoms with van der Waals surface area (Å²) in [5, 5.41) is 3.54. The lowest BCUT2D eigenvalue weighted by Gasteiger charge is -2.50. The summed E-state index contributed by atoms with van der Waals surface area (Å²) in [7, 11) is 0. The third-order valence-electron chi connectivity index (χ3n) is 5.71. The van der Waals surface area contributed by atoms with Gasteiger partial charge in [-0.25, -0.2) is 0 Å². The minimum atomic E-state index is -0.800. The summed E-state index contributed by atoms with van der Waals surface area (Å²) in [4.78, 5) is 27.7. The second-order valence-electron chi connectivity index (χ2n) is 7.33. The molecule has 26 heavy (non-hydrogen) atoms. The average molecular weight is 373 g/mol. The molecule has 1 N–H and O–H groups in total. The van der Waals surface area contributed by atoms with Gasteiger partial charge in [-0.3, -0.25) is 9.59 Å². The quantitative estimate of drug-likeness (QED) is 0.876. The van der Waals surface area contributed by atoms with Gasteiger partial charge in [0.15, 0.2) is 0 Å². The summed E-state index contributed by atoms with van der Waals surface area (Å²) in [6, 6.07) is 11.1. The van der Waals surface area contributed by atoms with Gasteiger partial charge in [0.05, 0.1) is 18.2 Å². The molecule has 1 unspecified atom stereocenters. The molecule has 4 rings (SSSR count). The monoisotopic (exact) mass is 372 g/mol. The first-order chi connectivity index (χ1) is 12.5. The second kappa shape index (κ2) is 6.16. The first-order valence-electron chi connectivity index (χ1n) is 8.84. The molecule has 136 valence electrons. The average Bonchev–Trinajstić information content (AvgIpc) is 3.27. The fraction of sp³-hybridized carbons (Fsp3) is 0.400. The molecular weight excluding hydrogens is 352 g/mol. The van der Waals surface area contributed by atoms with Gasteiger partial charge in [-0.2, -0.15) is 0 Å². The van der Waals surface area contributed by atoms with Gasteiger partial charge in [-0.1, -0.05) is 23.7 Å². The van der Waals surface area contributed by atoms with Crippen LogP contribution in [0.3, 0.4) is 0 Å². The van der Waals surface area contributed by atoms with Crippen LogP contribution in [-0.2, 0) is 21.5 Å². The van der Waals surface area contributed by atoms with Gasteiger partial charge in [0.25, 0.3) is 0 Å². The Morgan fingerprint density at radius 1 is 1.19 bits per heavy atom.